The minimum absolute atomic E-state index is 0.251. The number of hydrogen-bond donors (Lipinski definition) is 2. The number of amides is 2. The summed E-state index contributed by atoms with van der Waals surface area (Å²) in [5.41, 5.74) is 4.38. The Morgan fingerprint density at radius 2 is 1.91 bits per heavy atom. The molecule has 3 rings (SSSR count). The van der Waals surface area contributed by atoms with Gasteiger partial charge in [0.2, 0.25) is 11.8 Å². The Kier molecular flexibility index (Phi) is 3.73. The highest BCUT2D eigenvalue weighted by Gasteiger charge is 2.29. The number of fused-ring (bicyclic) bond motifs is 1. The number of carbonyl (C=O) groups excluding carboxylic acids is 2. The van der Waals surface area contributed by atoms with Gasteiger partial charge < -0.3 is 10.6 Å². The predicted octanol–water partition coefficient (Wildman–Crippen LogP) is -0.976. The van der Waals surface area contributed by atoms with Gasteiger partial charge in [-0.05, 0) is 18.6 Å². The van der Waals surface area contributed by atoms with E-state index in [4.69, 9.17) is 5.73 Å². The molecule has 8 heteroatoms. The van der Waals surface area contributed by atoms with Crippen molar-refractivity contribution in [3.8, 4) is 0 Å². The van der Waals surface area contributed by atoms with Crippen LogP contribution in [0.1, 0.15) is 6.42 Å². The van der Waals surface area contributed by atoms with Crippen LogP contribution in [0.3, 0.4) is 0 Å². The smallest absolute Gasteiger partial charge is 0.273 e. The molecule has 2 aromatic rings. The zero-order chi connectivity index (χ0) is 16.6. The Hall–Kier alpha value is -2.90. The number of H-pyrrole nitrogens is 1. The van der Waals surface area contributed by atoms with E-state index >= 15 is 0 Å². The number of likely N-dealkylation sites (tertiary alicyclic amines) is 1. The fraction of sp³-hybridized carbons (Fsp3) is 0.333. The lowest BCUT2D eigenvalue weighted by molar-refractivity contribution is -0.131. The highest BCUT2D eigenvalue weighted by molar-refractivity contribution is 5.82. The summed E-state index contributed by atoms with van der Waals surface area (Å²) < 4.78 is 1.00. The lowest BCUT2D eigenvalue weighted by Gasteiger charge is -2.16. The molecular weight excluding hydrogens is 300 g/mol. The fourth-order valence-corrected chi connectivity index (χ4v) is 2.81. The highest BCUT2D eigenvalue weighted by Crippen LogP contribution is 2.15. The number of nitrogens with zero attached hydrogens (tertiary/aromatic N) is 2. The summed E-state index contributed by atoms with van der Waals surface area (Å²) in [6.45, 7) is 0.393. The highest BCUT2D eigenvalue weighted by atomic mass is 16.2. The van der Waals surface area contributed by atoms with Crippen LogP contribution in [0.5, 0.6) is 0 Å². The molecule has 23 heavy (non-hydrogen) atoms. The molecule has 0 bridgehead atoms. The van der Waals surface area contributed by atoms with E-state index in [9.17, 15) is 19.2 Å². The van der Waals surface area contributed by atoms with E-state index in [0.717, 1.165) is 4.68 Å². The van der Waals surface area contributed by atoms with E-state index in [2.05, 4.69) is 5.10 Å². The largest absolute Gasteiger partial charge is 0.369 e. The molecule has 1 atom stereocenters. The average Bonchev–Trinajstić information content (AvgIpc) is 3.03. The number of primary amides is 1. The van der Waals surface area contributed by atoms with Gasteiger partial charge in [-0.1, -0.05) is 12.1 Å². The summed E-state index contributed by atoms with van der Waals surface area (Å²) in [4.78, 5) is 49.3. The molecule has 1 aromatic carbocycles. The Morgan fingerprint density at radius 1 is 1.22 bits per heavy atom. The number of nitrogens with two attached hydrogens (primary N) is 1. The van der Waals surface area contributed by atoms with Crippen LogP contribution in [0, 0.1) is 5.92 Å². The lowest BCUT2D eigenvalue weighted by atomic mass is 10.1. The molecule has 1 aromatic heterocycles. The van der Waals surface area contributed by atoms with Crippen molar-refractivity contribution in [3.05, 3.63) is 45.0 Å². The average molecular weight is 316 g/mol. The Morgan fingerprint density at radius 3 is 2.57 bits per heavy atom. The third-order valence-electron chi connectivity index (χ3n) is 4.12. The molecule has 1 fully saturated rings. The van der Waals surface area contributed by atoms with Gasteiger partial charge in [0.15, 0.2) is 0 Å². The maximum absolute atomic E-state index is 12.4. The van der Waals surface area contributed by atoms with E-state index in [0.29, 0.717) is 13.0 Å². The molecule has 1 aliphatic heterocycles. The van der Waals surface area contributed by atoms with Crippen molar-refractivity contribution in [1.29, 1.82) is 0 Å². The van der Waals surface area contributed by atoms with Gasteiger partial charge in [0, 0.05) is 13.1 Å². The molecule has 1 unspecified atom stereocenters. The molecule has 0 spiro atoms. The third kappa shape index (κ3) is 2.75. The number of nitrogens with one attached hydrogen (secondary N) is 1. The third-order valence-corrected chi connectivity index (χ3v) is 4.12. The molecule has 0 radical (unpaired) electrons. The van der Waals surface area contributed by atoms with Crippen molar-refractivity contribution in [2.75, 3.05) is 13.1 Å². The first-order chi connectivity index (χ1) is 11.0. The van der Waals surface area contributed by atoms with Gasteiger partial charge in [-0.3, -0.25) is 24.3 Å². The second kappa shape index (κ2) is 5.71. The summed E-state index contributed by atoms with van der Waals surface area (Å²) in [5, 5.41) is 2.97. The number of benzene rings is 1. The van der Waals surface area contributed by atoms with E-state index in [1.807, 2.05) is 0 Å². The first-order valence-electron chi connectivity index (χ1n) is 7.26. The standard InChI is InChI=1S/C15H16N4O4/c16-13(21)9-5-6-18(7-9)12(20)8-19-15(23)11-4-2-1-3-10(11)14(22)17-19/h1-4,9H,5-8H2,(H2,16,21)(H,17,22). The van der Waals surface area contributed by atoms with Crippen LogP contribution in [-0.2, 0) is 16.1 Å². The summed E-state index contributed by atoms with van der Waals surface area (Å²) in [6.07, 6.45) is 0.518. The Balaban J connectivity index is 1.86. The van der Waals surface area contributed by atoms with E-state index in [1.54, 1.807) is 24.3 Å². The minimum atomic E-state index is -0.434. The van der Waals surface area contributed by atoms with Crippen LogP contribution < -0.4 is 16.9 Å². The van der Waals surface area contributed by atoms with Crippen molar-refractivity contribution >= 4 is 22.6 Å². The SMILES string of the molecule is NC(=O)C1CCN(C(=O)Cn2[nH]c(=O)c3ccccc3c2=O)C1. The summed E-state index contributed by atoms with van der Waals surface area (Å²) in [6, 6.07) is 6.43. The van der Waals surface area contributed by atoms with Crippen molar-refractivity contribution in [3.63, 3.8) is 0 Å². The van der Waals surface area contributed by atoms with Crippen LogP contribution in [0.25, 0.3) is 10.8 Å². The van der Waals surface area contributed by atoms with Crippen molar-refractivity contribution in [2.24, 2.45) is 11.7 Å². The van der Waals surface area contributed by atoms with E-state index in [1.165, 1.54) is 4.90 Å². The molecule has 2 amide bonds. The second-order valence-electron chi connectivity index (χ2n) is 5.61. The molecule has 2 heterocycles. The molecule has 8 nitrogen and oxygen atoms in total. The first-order valence-corrected chi connectivity index (χ1v) is 7.26. The van der Waals surface area contributed by atoms with Gasteiger partial charge >= 0.3 is 0 Å². The minimum Gasteiger partial charge on any atom is -0.369 e. The van der Waals surface area contributed by atoms with Gasteiger partial charge in [0.05, 0.1) is 16.7 Å². The Bertz CT molecular complexity index is 898. The zero-order valence-electron chi connectivity index (χ0n) is 12.3. The van der Waals surface area contributed by atoms with Crippen molar-refractivity contribution < 1.29 is 9.59 Å². The molecular formula is C15H16N4O4. The summed E-state index contributed by atoms with van der Waals surface area (Å²) in [7, 11) is 0. The number of carbonyl (C=O) groups is 2. The van der Waals surface area contributed by atoms with Gasteiger partial charge in [-0.25, -0.2) is 4.68 Å². The molecule has 120 valence electrons. The van der Waals surface area contributed by atoms with Crippen LogP contribution in [0.2, 0.25) is 0 Å². The van der Waals surface area contributed by atoms with Crippen LogP contribution in [0.4, 0.5) is 0 Å². The fourth-order valence-electron chi connectivity index (χ4n) is 2.81. The number of rotatable bonds is 3. The first kappa shape index (κ1) is 15.0. The molecule has 1 aliphatic rings. The van der Waals surface area contributed by atoms with Gasteiger partial charge in [-0.15, -0.1) is 0 Å². The lowest BCUT2D eigenvalue weighted by Crippen LogP contribution is -2.39. The van der Waals surface area contributed by atoms with Crippen LogP contribution in [0.15, 0.2) is 33.9 Å². The maximum atomic E-state index is 12.4. The predicted molar refractivity (Wildman–Crippen MR) is 82.7 cm³/mol. The summed E-state index contributed by atoms with van der Waals surface area (Å²) in [5.74, 6) is -1.12. The van der Waals surface area contributed by atoms with Crippen molar-refractivity contribution in [1.82, 2.24) is 14.7 Å². The van der Waals surface area contributed by atoms with Gasteiger partial charge in [-0.2, -0.15) is 0 Å². The van der Waals surface area contributed by atoms with E-state index < -0.39 is 17.0 Å². The monoisotopic (exact) mass is 316 g/mol. The second-order valence-corrected chi connectivity index (χ2v) is 5.61. The Labute approximate surface area is 130 Å². The van der Waals surface area contributed by atoms with Crippen LogP contribution in [-0.4, -0.2) is 39.6 Å². The molecule has 1 saturated heterocycles. The molecule has 0 saturated carbocycles. The van der Waals surface area contributed by atoms with Gasteiger partial charge in [0.1, 0.15) is 6.54 Å². The number of aromatic nitrogens is 2. The maximum Gasteiger partial charge on any atom is 0.273 e. The van der Waals surface area contributed by atoms with Gasteiger partial charge in [0.25, 0.3) is 11.1 Å². The molecule has 0 aliphatic carbocycles. The van der Waals surface area contributed by atoms with Crippen molar-refractivity contribution in [2.45, 2.75) is 13.0 Å². The zero-order valence-corrected chi connectivity index (χ0v) is 12.3. The van der Waals surface area contributed by atoms with E-state index in [-0.39, 0.29) is 35.7 Å². The summed E-state index contributed by atoms with van der Waals surface area (Å²) >= 11 is 0. The number of hydrogen-bond acceptors (Lipinski definition) is 4. The topological polar surface area (TPSA) is 118 Å². The normalized spacial score (nSPS) is 17.6. The quantitative estimate of drug-likeness (QED) is 0.757. The van der Waals surface area contributed by atoms with Crippen LogP contribution >= 0.6 is 0 Å². The molecule has 3 N–H and O–H groups in total. The number of aromatic amines is 1.